The average molecular weight is 602 g/mol. The number of carbonyl (C=O) groups is 1. The molecular weight excluding hydrogens is 562 g/mol. The molecule has 0 fully saturated rings. The molecule has 0 aliphatic heterocycles. The molecular formula is C32H39N7O5. The molecule has 0 aliphatic rings. The first kappa shape index (κ1) is 32.0. The van der Waals surface area contributed by atoms with Crippen molar-refractivity contribution in [3.8, 4) is 11.5 Å². The van der Waals surface area contributed by atoms with E-state index >= 15 is 0 Å². The molecule has 0 bridgehead atoms. The molecule has 4 N–H and O–H groups in total. The third kappa shape index (κ3) is 11.0. The van der Waals surface area contributed by atoms with E-state index in [0.717, 1.165) is 23.6 Å². The van der Waals surface area contributed by atoms with Crippen LogP contribution in [0.5, 0.6) is 11.5 Å². The quantitative estimate of drug-likeness (QED) is 0.115. The Morgan fingerprint density at radius 1 is 0.636 bits per heavy atom. The highest BCUT2D eigenvalue weighted by Gasteiger charge is 2.08. The summed E-state index contributed by atoms with van der Waals surface area (Å²) in [6, 6.07) is 24.5. The number of nitrogens with one attached hydrogen (secondary N) is 4. The number of rotatable bonds is 19. The Hall–Kier alpha value is -4.94. The van der Waals surface area contributed by atoms with Gasteiger partial charge in [-0.15, -0.1) is 0 Å². The number of hydrogen-bond acceptors (Lipinski definition) is 11. The van der Waals surface area contributed by atoms with Gasteiger partial charge in [0.1, 0.15) is 11.5 Å². The smallest absolute Gasteiger partial charge is 0.251 e. The summed E-state index contributed by atoms with van der Waals surface area (Å²) in [6.45, 7) is 3.24. The summed E-state index contributed by atoms with van der Waals surface area (Å²) in [5, 5.41) is 12.5. The SMILES string of the molecule is COc1ccc(CCNc2nc(NCCOCCOCCNC(=O)c3ccccc3)nc(Nc3ccc(OC)cc3)n2)cc1. The lowest BCUT2D eigenvalue weighted by Gasteiger charge is -2.12. The molecule has 0 unspecified atom stereocenters. The molecule has 0 saturated carbocycles. The van der Waals surface area contributed by atoms with E-state index in [2.05, 4.69) is 36.2 Å². The van der Waals surface area contributed by atoms with Crippen LogP contribution in [0.25, 0.3) is 0 Å². The van der Waals surface area contributed by atoms with Crippen molar-refractivity contribution in [2.24, 2.45) is 0 Å². The van der Waals surface area contributed by atoms with E-state index in [1.54, 1.807) is 26.4 Å². The van der Waals surface area contributed by atoms with Crippen LogP contribution in [0.3, 0.4) is 0 Å². The van der Waals surface area contributed by atoms with Crippen LogP contribution in [0.4, 0.5) is 23.5 Å². The number of amides is 1. The predicted octanol–water partition coefficient (Wildman–Crippen LogP) is 4.16. The molecule has 0 aliphatic carbocycles. The number of anilines is 4. The summed E-state index contributed by atoms with van der Waals surface area (Å²) in [4.78, 5) is 25.6. The van der Waals surface area contributed by atoms with Gasteiger partial charge in [0.15, 0.2) is 0 Å². The Morgan fingerprint density at radius 2 is 1.20 bits per heavy atom. The highest BCUT2D eigenvalue weighted by molar-refractivity contribution is 5.94. The molecule has 0 atom stereocenters. The van der Waals surface area contributed by atoms with E-state index < -0.39 is 0 Å². The lowest BCUT2D eigenvalue weighted by atomic mass is 10.1. The molecule has 1 aromatic heterocycles. The van der Waals surface area contributed by atoms with E-state index in [1.807, 2.05) is 66.7 Å². The predicted molar refractivity (Wildman–Crippen MR) is 170 cm³/mol. The summed E-state index contributed by atoms with van der Waals surface area (Å²) < 4.78 is 21.7. The molecule has 12 nitrogen and oxygen atoms in total. The lowest BCUT2D eigenvalue weighted by molar-refractivity contribution is 0.0519. The number of methoxy groups -OCH3 is 2. The maximum Gasteiger partial charge on any atom is 0.251 e. The van der Waals surface area contributed by atoms with Crippen molar-refractivity contribution in [3.63, 3.8) is 0 Å². The third-order valence-electron chi connectivity index (χ3n) is 6.31. The normalized spacial score (nSPS) is 10.6. The molecule has 1 amide bonds. The van der Waals surface area contributed by atoms with Gasteiger partial charge in [-0.2, -0.15) is 15.0 Å². The van der Waals surface area contributed by atoms with Gasteiger partial charge in [0.25, 0.3) is 5.91 Å². The zero-order chi connectivity index (χ0) is 30.8. The fourth-order valence-electron chi connectivity index (χ4n) is 3.99. The minimum Gasteiger partial charge on any atom is -0.497 e. The average Bonchev–Trinajstić information content (AvgIpc) is 3.06. The molecule has 12 heteroatoms. The van der Waals surface area contributed by atoms with Gasteiger partial charge in [-0.05, 0) is 60.5 Å². The fourth-order valence-corrected chi connectivity index (χ4v) is 3.99. The molecule has 0 radical (unpaired) electrons. The van der Waals surface area contributed by atoms with Gasteiger partial charge < -0.3 is 40.2 Å². The molecule has 3 aromatic carbocycles. The van der Waals surface area contributed by atoms with Crippen LogP contribution in [-0.4, -0.2) is 81.1 Å². The first-order valence-corrected chi connectivity index (χ1v) is 14.4. The zero-order valence-electron chi connectivity index (χ0n) is 25.0. The van der Waals surface area contributed by atoms with Crippen LogP contribution in [0, 0.1) is 0 Å². The minimum absolute atomic E-state index is 0.118. The molecule has 0 spiro atoms. The minimum atomic E-state index is -0.118. The summed E-state index contributed by atoms with van der Waals surface area (Å²) in [7, 11) is 3.28. The van der Waals surface area contributed by atoms with Crippen molar-refractivity contribution < 1.29 is 23.7 Å². The number of benzene rings is 3. The van der Waals surface area contributed by atoms with Gasteiger partial charge in [0.2, 0.25) is 17.8 Å². The maximum atomic E-state index is 12.0. The van der Waals surface area contributed by atoms with Crippen LogP contribution in [-0.2, 0) is 15.9 Å². The number of nitrogens with zero attached hydrogens (tertiary/aromatic N) is 3. The Balaban J connectivity index is 1.20. The molecule has 0 saturated heterocycles. The van der Waals surface area contributed by atoms with Crippen molar-refractivity contribution in [2.75, 3.05) is 76.2 Å². The Bertz CT molecular complexity index is 1410. The van der Waals surface area contributed by atoms with Crippen LogP contribution in [0.15, 0.2) is 78.9 Å². The first-order chi connectivity index (χ1) is 21.6. The highest BCUT2D eigenvalue weighted by Crippen LogP contribution is 2.19. The summed E-state index contributed by atoms with van der Waals surface area (Å²) in [5.74, 6) is 2.72. The van der Waals surface area contributed by atoms with Crippen LogP contribution >= 0.6 is 0 Å². The highest BCUT2D eigenvalue weighted by atomic mass is 16.5. The van der Waals surface area contributed by atoms with Crippen molar-refractivity contribution in [1.82, 2.24) is 20.3 Å². The second-order valence-electron chi connectivity index (χ2n) is 9.46. The number of carbonyl (C=O) groups excluding carboxylic acids is 1. The van der Waals surface area contributed by atoms with E-state index in [4.69, 9.17) is 18.9 Å². The largest absolute Gasteiger partial charge is 0.497 e. The standard InChI is InChI=1S/C32H39N7O5/c1-41-27-12-8-24(9-13-27)16-17-34-30-37-31(39-32(38-30)36-26-10-14-28(42-2)15-11-26)35-19-21-44-23-22-43-20-18-33-29(40)25-6-4-3-5-7-25/h3-15H,16-23H2,1-2H3,(H,33,40)(H3,34,35,36,37,38,39). The summed E-state index contributed by atoms with van der Waals surface area (Å²) in [5.41, 5.74) is 2.61. The fraction of sp³-hybridized carbons (Fsp3) is 0.312. The van der Waals surface area contributed by atoms with Gasteiger partial charge in [0, 0.05) is 30.9 Å². The van der Waals surface area contributed by atoms with E-state index in [-0.39, 0.29) is 5.91 Å². The topological polar surface area (TPSA) is 141 Å². The Labute approximate surface area is 257 Å². The summed E-state index contributed by atoms with van der Waals surface area (Å²) in [6.07, 6.45) is 0.787. The summed E-state index contributed by atoms with van der Waals surface area (Å²) >= 11 is 0. The maximum absolute atomic E-state index is 12.0. The van der Waals surface area contributed by atoms with Gasteiger partial charge in [0.05, 0.1) is 40.6 Å². The molecule has 1 heterocycles. The first-order valence-electron chi connectivity index (χ1n) is 14.4. The monoisotopic (exact) mass is 601 g/mol. The number of ether oxygens (including phenoxy) is 4. The van der Waals surface area contributed by atoms with Gasteiger partial charge in [-0.25, -0.2) is 0 Å². The number of aromatic nitrogens is 3. The second-order valence-corrected chi connectivity index (χ2v) is 9.46. The van der Waals surface area contributed by atoms with E-state index in [9.17, 15) is 4.79 Å². The van der Waals surface area contributed by atoms with Crippen molar-refractivity contribution in [1.29, 1.82) is 0 Å². The zero-order valence-corrected chi connectivity index (χ0v) is 25.0. The molecule has 44 heavy (non-hydrogen) atoms. The van der Waals surface area contributed by atoms with Crippen LogP contribution in [0.2, 0.25) is 0 Å². The van der Waals surface area contributed by atoms with Crippen LogP contribution in [0.1, 0.15) is 15.9 Å². The van der Waals surface area contributed by atoms with Crippen molar-refractivity contribution in [3.05, 3.63) is 90.0 Å². The van der Waals surface area contributed by atoms with E-state index in [1.165, 1.54) is 5.56 Å². The second kappa shape index (κ2) is 17.9. The lowest BCUT2D eigenvalue weighted by Crippen LogP contribution is -2.27. The van der Waals surface area contributed by atoms with Gasteiger partial charge in [-0.1, -0.05) is 30.3 Å². The third-order valence-corrected chi connectivity index (χ3v) is 6.31. The van der Waals surface area contributed by atoms with Gasteiger partial charge >= 0.3 is 0 Å². The molecule has 232 valence electrons. The Morgan fingerprint density at radius 3 is 1.84 bits per heavy atom. The molecule has 4 aromatic rings. The van der Waals surface area contributed by atoms with Crippen molar-refractivity contribution in [2.45, 2.75) is 6.42 Å². The number of hydrogen-bond donors (Lipinski definition) is 4. The van der Waals surface area contributed by atoms with Crippen LogP contribution < -0.4 is 30.7 Å². The van der Waals surface area contributed by atoms with Crippen molar-refractivity contribution >= 4 is 29.4 Å². The Kier molecular flexibility index (Phi) is 13.0. The van der Waals surface area contributed by atoms with E-state index in [0.29, 0.717) is 69.5 Å². The molecule has 4 rings (SSSR count). The van der Waals surface area contributed by atoms with Gasteiger partial charge in [-0.3, -0.25) is 4.79 Å².